The molecule has 0 aliphatic heterocycles. The lowest BCUT2D eigenvalue weighted by atomic mass is 10.3. The average Bonchev–Trinajstić information content (AvgIpc) is 2.62. The first-order valence-corrected chi connectivity index (χ1v) is 5.03. The molecule has 0 spiro atoms. The van der Waals surface area contributed by atoms with Gasteiger partial charge in [0.15, 0.2) is 5.89 Å². The Labute approximate surface area is 93.2 Å². The van der Waals surface area contributed by atoms with Crippen LogP contribution >= 0.6 is 0 Å². The molecule has 6 heteroatoms. The first-order chi connectivity index (χ1) is 7.69. The fourth-order valence-corrected chi connectivity index (χ4v) is 1.19. The second kappa shape index (κ2) is 6.12. The molecule has 1 aromatic rings. The normalized spacial score (nSPS) is 10.4. The number of aryl methyl sites for hydroxylation is 1. The number of rotatable bonds is 7. The van der Waals surface area contributed by atoms with Crippen LogP contribution in [-0.4, -0.2) is 36.4 Å². The van der Waals surface area contributed by atoms with E-state index in [-0.39, 0.29) is 11.6 Å². The van der Waals surface area contributed by atoms with E-state index in [9.17, 15) is 4.79 Å². The number of aromatic carboxylic acids is 1. The molecule has 0 atom stereocenters. The van der Waals surface area contributed by atoms with E-state index in [0.717, 1.165) is 6.42 Å². The maximum Gasteiger partial charge on any atom is 0.362 e. The van der Waals surface area contributed by atoms with Crippen LogP contribution in [0, 0.1) is 0 Å². The van der Waals surface area contributed by atoms with Gasteiger partial charge in [0.1, 0.15) is 0 Å². The maximum absolute atomic E-state index is 10.8. The second-order valence-electron chi connectivity index (χ2n) is 3.08. The lowest BCUT2D eigenvalue weighted by Gasteiger charge is -1.97. The molecule has 0 amide bonds. The van der Waals surface area contributed by atoms with Crippen LogP contribution in [0.2, 0.25) is 0 Å². The summed E-state index contributed by atoms with van der Waals surface area (Å²) < 4.78 is 15.1. The molecule has 90 valence electrons. The third-order valence-corrected chi connectivity index (χ3v) is 1.86. The lowest BCUT2D eigenvalue weighted by molar-refractivity contribution is 0.0683. The van der Waals surface area contributed by atoms with Crippen molar-refractivity contribution >= 4 is 5.97 Å². The van der Waals surface area contributed by atoms with Gasteiger partial charge in [-0.15, -0.1) is 0 Å². The molecule has 0 fully saturated rings. The van der Waals surface area contributed by atoms with Gasteiger partial charge in [-0.25, -0.2) is 9.78 Å². The van der Waals surface area contributed by atoms with Crippen molar-refractivity contribution in [3.63, 3.8) is 0 Å². The van der Waals surface area contributed by atoms with Gasteiger partial charge in [0.25, 0.3) is 0 Å². The molecule has 0 bridgehead atoms. The Kier molecular flexibility index (Phi) is 4.78. The minimum Gasteiger partial charge on any atom is -0.476 e. The molecule has 16 heavy (non-hydrogen) atoms. The van der Waals surface area contributed by atoms with Gasteiger partial charge >= 0.3 is 11.9 Å². The Morgan fingerprint density at radius 1 is 1.56 bits per heavy atom. The molecule has 6 nitrogen and oxygen atoms in total. The summed E-state index contributed by atoms with van der Waals surface area (Å²) in [5.74, 6) is -0.814. The highest BCUT2D eigenvalue weighted by Gasteiger charge is 2.20. The van der Waals surface area contributed by atoms with Crippen molar-refractivity contribution in [3.05, 3.63) is 11.6 Å². The van der Waals surface area contributed by atoms with Crippen LogP contribution in [0.15, 0.2) is 4.42 Å². The number of ether oxygens (including phenoxy) is 2. The third-order valence-electron chi connectivity index (χ3n) is 1.86. The summed E-state index contributed by atoms with van der Waals surface area (Å²) in [6, 6.07) is 0. The molecule has 0 saturated carbocycles. The second-order valence-corrected chi connectivity index (χ2v) is 3.08. The molecule has 1 aromatic heterocycles. The molecule has 0 aliphatic rings. The Balaban J connectivity index is 2.72. The molecule has 0 aromatic carbocycles. The van der Waals surface area contributed by atoms with Gasteiger partial charge in [-0.3, -0.25) is 0 Å². The van der Waals surface area contributed by atoms with E-state index in [1.165, 1.54) is 0 Å². The number of hydrogen-bond donors (Lipinski definition) is 1. The van der Waals surface area contributed by atoms with E-state index in [2.05, 4.69) is 4.98 Å². The molecule has 1 heterocycles. The van der Waals surface area contributed by atoms with E-state index in [1.54, 1.807) is 14.0 Å². The Bertz CT molecular complexity index is 347. The van der Waals surface area contributed by atoms with Gasteiger partial charge in [-0.05, 0) is 13.3 Å². The highest BCUT2D eigenvalue weighted by molar-refractivity contribution is 5.87. The smallest absolute Gasteiger partial charge is 0.362 e. The van der Waals surface area contributed by atoms with E-state index in [1.807, 2.05) is 0 Å². The van der Waals surface area contributed by atoms with Crippen molar-refractivity contribution in [1.29, 1.82) is 0 Å². The number of carbonyl (C=O) groups is 1. The SMILES string of the molecule is CCOc1oc(CCCOC)nc1C(=O)O. The first-order valence-electron chi connectivity index (χ1n) is 5.03. The van der Waals surface area contributed by atoms with Gasteiger partial charge in [0, 0.05) is 20.1 Å². The van der Waals surface area contributed by atoms with E-state index in [4.69, 9.17) is 19.0 Å². The number of oxazole rings is 1. The van der Waals surface area contributed by atoms with Crippen LogP contribution in [0.4, 0.5) is 0 Å². The van der Waals surface area contributed by atoms with Crippen LogP contribution in [0.1, 0.15) is 29.7 Å². The largest absolute Gasteiger partial charge is 0.476 e. The summed E-state index contributed by atoms with van der Waals surface area (Å²) in [4.78, 5) is 14.7. The van der Waals surface area contributed by atoms with Crippen LogP contribution < -0.4 is 4.74 Å². The molecular formula is C10H15NO5. The first kappa shape index (κ1) is 12.5. The van der Waals surface area contributed by atoms with Crippen molar-refractivity contribution in [2.75, 3.05) is 20.3 Å². The number of methoxy groups -OCH3 is 1. The standard InChI is InChI=1S/C10H15NO5/c1-3-15-10-8(9(12)13)11-7(16-10)5-4-6-14-2/h3-6H2,1-2H3,(H,12,13). The number of hydrogen-bond acceptors (Lipinski definition) is 5. The topological polar surface area (TPSA) is 81.8 Å². The van der Waals surface area contributed by atoms with Gasteiger partial charge in [-0.1, -0.05) is 0 Å². The Morgan fingerprint density at radius 3 is 2.88 bits per heavy atom. The van der Waals surface area contributed by atoms with E-state index < -0.39 is 5.97 Å². The van der Waals surface area contributed by atoms with Crippen LogP contribution in [0.25, 0.3) is 0 Å². The molecule has 0 unspecified atom stereocenters. The van der Waals surface area contributed by atoms with Crippen molar-refractivity contribution in [2.24, 2.45) is 0 Å². The fourth-order valence-electron chi connectivity index (χ4n) is 1.19. The minimum atomic E-state index is -1.15. The van der Waals surface area contributed by atoms with Crippen LogP contribution in [0.3, 0.4) is 0 Å². The number of nitrogens with zero attached hydrogens (tertiary/aromatic N) is 1. The average molecular weight is 229 g/mol. The lowest BCUT2D eigenvalue weighted by Crippen LogP contribution is -2.01. The summed E-state index contributed by atoms with van der Waals surface area (Å²) in [6.07, 6.45) is 1.25. The summed E-state index contributed by atoms with van der Waals surface area (Å²) in [6.45, 7) is 2.67. The number of carboxylic acids is 1. The predicted molar refractivity (Wildman–Crippen MR) is 54.8 cm³/mol. The van der Waals surface area contributed by atoms with E-state index >= 15 is 0 Å². The maximum atomic E-state index is 10.8. The number of carboxylic acid groups (broad SMARTS) is 1. The van der Waals surface area contributed by atoms with Crippen LogP contribution in [0.5, 0.6) is 5.95 Å². The molecule has 0 saturated heterocycles. The highest BCUT2D eigenvalue weighted by Crippen LogP contribution is 2.20. The van der Waals surface area contributed by atoms with Gasteiger partial charge < -0.3 is 19.0 Å². The third kappa shape index (κ3) is 3.23. The van der Waals surface area contributed by atoms with Gasteiger partial charge in [0.2, 0.25) is 5.69 Å². The van der Waals surface area contributed by atoms with Crippen molar-refractivity contribution in [1.82, 2.24) is 4.98 Å². The Hall–Kier alpha value is -1.56. The van der Waals surface area contributed by atoms with Crippen molar-refractivity contribution < 1.29 is 23.8 Å². The summed E-state index contributed by atoms with van der Waals surface area (Å²) >= 11 is 0. The zero-order chi connectivity index (χ0) is 12.0. The van der Waals surface area contributed by atoms with E-state index in [0.29, 0.717) is 25.5 Å². The molecular weight excluding hydrogens is 214 g/mol. The fraction of sp³-hybridized carbons (Fsp3) is 0.600. The monoisotopic (exact) mass is 229 g/mol. The Morgan fingerprint density at radius 2 is 2.31 bits per heavy atom. The van der Waals surface area contributed by atoms with Gasteiger partial charge in [-0.2, -0.15) is 0 Å². The summed E-state index contributed by atoms with van der Waals surface area (Å²) in [5, 5.41) is 8.85. The molecule has 0 aliphatic carbocycles. The molecule has 1 N–H and O–H groups in total. The van der Waals surface area contributed by atoms with Crippen LogP contribution in [-0.2, 0) is 11.2 Å². The van der Waals surface area contributed by atoms with Crippen molar-refractivity contribution in [3.8, 4) is 5.95 Å². The number of aromatic nitrogens is 1. The van der Waals surface area contributed by atoms with Crippen molar-refractivity contribution in [2.45, 2.75) is 19.8 Å². The minimum absolute atomic E-state index is 0.0255. The quantitative estimate of drug-likeness (QED) is 0.711. The predicted octanol–water partition coefficient (Wildman–Crippen LogP) is 1.35. The van der Waals surface area contributed by atoms with Gasteiger partial charge in [0.05, 0.1) is 6.61 Å². The summed E-state index contributed by atoms with van der Waals surface area (Å²) in [5.41, 5.74) is -0.172. The zero-order valence-corrected chi connectivity index (χ0v) is 9.36. The molecule has 0 radical (unpaired) electrons. The highest BCUT2D eigenvalue weighted by atomic mass is 16.6. The summed E-state index contributed by atoms with van der Waals surface area (Å²) in [7, 11) is 1.60. The molecule has 1 rings (SSSR count). The zero-order valence-electron chi connectivity index (χ0n) is 9.36.